The molecule has 1 saturated heterocycles. The van der Waals surface area contributed by atoms with Gasteiger partial charge in [0.25, 0.3) is 0 Å². The van der Waals surface area contributed by atoms with Crippen LogP contribution in [0, 0.1) is 0 Å². The molecule has 0 bridgehead atoms. The molecule has 2 atom stereocenters. The van der Waals surface area contributed by atoms with Crippen LogP contribution in [0.4, 0.5) is 0 Å². The third kappa shape index (κ3) is 3.14. The van der Waals surface area contributed by atoms with Gasteiger partial charge in [0.2, 0.25) is 0 Å². The summed E-state index contributed by atoms with van der Waals surface area (Å²) in [5, 5.41) is 13.1. The number of nitrogens with one attached hydrogen (secondary N) is 1. The lowest BCUT2D eigenvalue weighted by molar-refractivity contribution is -0.121. The van der Waals surface area contributed by atoms with Crippen molar-refractivity contribution in [3.05, 3.63) is 23.2 Å². The summed E-state index contributed by atoms with van der Waals surface area (Å²) in [5.74, 6) is 0.0801. The Bertz CT molecular complexity index is 657. The molecule has 6 nitrogen and oxygen atoms in total. The van der Waals surface area contributed by atoms with E-state index in [0.717, 1.165) is 34.9 Å². The van der Waals surface area contributed by atoms with Crippen molar-refractivity contribution in [2.75, 3.05) is 6.54 Å². The van der Waals surface area contributed by atoms with Gasteiger partial charge in [-0.1, -0.05) is 0 Å². The van der Waals surface area contributed by atoms with E-state index in [9.17, 15) is 9.90 Å². The number of ketones is 1. The summed E-state index contributed by atoms with van der Waals surface area (Å²) < 4.78 is 2.64. The van der Waals surface area contributed by atoms with Gasteiger partial charge in [0.1, 0.15) is 5.52 Å². The number of fused-ring (bicyclic) bond motifs is 1. The lowest BCUT2D eigenvalue weighted by Crippen LogP contribution is -2.46. The zero-order valence-electron chi connectivity index (χ0n) is 11.5. The van der Waals surface area contributed by atoms with Crippen molar-refractivity contribution in [3.8, 4) is 0 Å². The van der Waals surface area contributed by atoms with Crippen molar-refractivity contribution in [3.63, 3.8) is 0 Å². The summed E-state index contributed by atoms with van der Waals surface area (Å²) in [6.45, 7) is 1.12. The number of hydrogen-bond acceptors (Lipinski definition) is 5. The number of carbonyl (C=O) groups excluding carboxylic acids is 1. The first-order valence-electron chi connectivity index (χ1n) is 7.02. The number of Topliss-reactive ketones (excluding diaryl/α,β-unsaturated/α-hetero) is 1. The predicted molar refractivity (Wildman–Crippen MR) is 81.9 cm³/mol. The van der Waals surface area contributed by atoms with Gasteiger partial charge in [-0.15, -0.1) is 0 Å². The van der Waals surface area contributed by atoms with E-state index in [4.69, 9.17) is 0 Å². The van der Waals surface area contributed by atoms with Crippen LogP contribution in [0.1, 0.15) is 19.3 Å². The van der Waals surface area contributed by atoms with E-state index in [1.807, 2.05) is 4.57 Å². The topological polar surface area (TPSA) is 80.0 Å². The fraction of sp³-hybridized carbons (Fsp3) is 0.500. The molecule has 2 aromatic heterocycles. The molecule has 0 spiro atoms. The first-order chi connectivity index (χ1) is 10.1. The number of aliphatic hydroxyl groups is 1. The summed E-state index contributed by atoms with van der Waals surface area (Å²) in [4.78, 5) is 20.6. The second-order valence-electron chi connectivity index (χ2n) is 5.37. The van der Waals surface area contributed by atoms with Gasteiger partial charge in [-0.3, -0.25) is 9.78 Å². The Morgan fingerprint density at radius 1 is 1.52 bits per heavy atom. The normalized spacial score (nSPS) is 22.6. The van der Waals surface area contributed by atoms with E-state index in [1.165, 1.54) is 0 Å². The van der Waals surface area contributed by atoms with Crippen LogP contribution in [0.25, 0.3) is 11.0 Å². The van der Waals surface area contributed by atoms with Gasteiger partial charge >= 0.3 is 0 Å². The SMILES string of the molecule is O=C(C[C@H]1NCCC[C@@H]1O)Cn1cnc2cncc(Br)c21. The van der Waals surface area contributed by atoms with Crippen molar-refractivity contribution < 1.29 is 9.90 Å². The molecular formula is C14H17BrN4O2. The maximum absolute atomic E-state index is 12.2. The molecule has 0 aliphatic carbocycles. The average Bonchev–Trinajstić information content (AvgIpc) is 2.86. The predicted octanol–water partition coefficient (Wildman–Crippen LogP) is 1.27. The standard InChI is InChI=1S/C14H17BrN4O2/c15-10-5-16-6-12-14(10)19(8-18-12)7-9(20)4-11-13(21)2-1-3-17-11/h5-6,8,11,13,17,21H,1-4,7H2/t11-,13+/m1/s1. The molecule has 21 heavy (non-hydrogen) atoms. The van der Waals surface area contributed by atoms with Crippen LogP contribution in [0.2, 0.25) is 0 Å². The Kier molecular flexibility index (Phi) is 4.32. The Morgan fingerprint density at radius 2 is 2.38 bits per heavy atom. The van der Waals surface area contributed by atoms with E-state index in [1.54, 1.807) is 18.7 Å². The molecule has 0 radical (unpaired) electrons. The molecular weight excluding hydrogens is 336 g/mol. The number of aliphatic hydroxyl groups excluding tert-OH is 1. The minimum Gasteiger partial charge on any atom is -0.391 e. The molecule has 1 aliphatic heterocycles. The maximum atomic E-state index is 12.2. The van der Waals surface area contributed by atoms with Crippen molar-refractivity contribution in [2.45, 2.75) is 38.0 Å². The molecule has 1 aliphatic rings. The zero-order chi connectivity index (χ0) is 14.8. The molecule has 0 unspecified atom stereocenters. The number of imidazole rings is 1. The van der Waals surface area contributed by atoms with Gasteiger partial charge in [0.05, 0.1) is 35.2 Å². The fourth-order valence-electron chi connectivity index (χ4n) is 2.75. The Hall–Kier alpha value is -1.31. The maximum Gasteiger partial charge on any atom is 0.154 e. The van der Waals surface area contributed by atoms with E-state index in [2.05, 4.69) is 31.2 Å². The first kappa shape index (κ1) is 14.6. The van der Waals surface area contributed by atoms with E-state index >= 15 is 0 Å². The molecule has 2 N–H and O–H groups in total. The lowest BCUT2D eigenvalue weighted by atomic mass is 9.97. The smallest absolute Gasteiger partial charge is 0.154 e. The van der Waals surface area contributed by atoms with Crippen molar-refractivity contribution in [2.24, 2.45) is 0 Å². The molecule has 1 fully saturated rings. The van der Waals surface area contributed by atoms with Gasteiger partial charge in [-0.25, -0.2) is 4.98 Å². The monoisotopic (exact) mass is 352 g/mol. The summed E-state index contributed by atoms with van der Waals surface area (Å²) >= 11 is 3.44. The van der Waals surface area contributed by atoms with Gasteiger partial charge < -0.3 is 15.0 Å². The van der Waals surface area contributed by atoms with E-state index < -0.39 is 6.10 Å². The van der Waals surface area contributed by atoms with Gasteiger partial charge in [0.15, 0.2) is 5.78 Å². The Labute approximate surface area is 130 Å². The number of nitrogens with zero attached hydrogens (tertiary/aromatic N) is 3. The summed E-state index contributed by atoms with van der Waals surface area (Å²) in [6.07, 6.45) is 6.64. The molecule has 0 aromatic carbocycles. The average molecular weight is 353 g/mol. The second-order valence-corrected chi connectivity index (χ2v) is 6.23. The highest BCUT2D eigenvalue weighted by Crippen LogP contribution is 2.22. The number of pyridine rings is 1. The van der Waals surface area contributed by atoms with Crippen LogP contribution in [0.5, 0.6) is 0 Å². The van der Waals surface area contributed by atoms with Crippen molar-refractivity contribution in [1.82, 2.24) is 19.9 Å². The number of aromatic nitrogens is 3. The largest absolute Gasteiger partial charge is 0.391 e. The lowest BCUT2D eigenvalue weighted by Gasteiger charge is -2.28. The van der Waals surface area contributed by atoms with Crippen molar-refractivity contribution >= 4 is 32.7 Å². The number of piperidine rings is 1. The van der Waals surface area contributed by atoms with Crippen LogP contribution >= 0.6 is 15.9 Å². The van der Waals surface area contributed by atoms with Gasteiger partial charge in [-0.05, 0) is 35.3 Å². The highest BCUT2D eigenvalue weighted by atomic mass is 79.9. The van der Waals surface area contributed by atoms with E-state index in [0.29, 0.717) is 6.42 Å². The van der Waals surface area contributed by atoms with Gasteiger partial charge in [0, 0.05) is 18.7 Å². The highest BCUT2D eigenvalue weighted by molar-refractivity contribution is 9.10. The molecule has 112 valence electrons. The summed E-state index contributed by atoms with van der Waals surface area (Å²) in [7, 11) is 0. The molecule has 7 heteroatoms. The minimum absolute atomic E-state index is 0.0801. The number of carbonyl (C=O) groups is 1. The molecule has 2 aromatic rings. The third-order valence-corrected chi connectivity index (χ3v) is 4.40. The second kappa shape index (κ2) is 6.21. The highest BCUT2D eigenvalue weighted by Gasteiger charge is 2.25. The summed E-state index contributed by atoms with van der Waals surface area (Å²) in [6, 6.07) is -0.133. The van der Waals surface area contributed by atoms with Crippen LogP contribution in [0.15, 0.2) is 23.2 Å². The quantitative estimate of drug-likeness (QED) is 0.865. The first-order valence-corrected chi connectivity index (χ1v) is 7.82. The van der Waals surface area contributed by atoms with Crippen LogP contribution in [-0.4, -0.2) is 44.1 Å². The van der Waals surface area contributed by atoms with E-state index in [-0.39, 0.29) is 18.4 Å². The Balaban J connectivity index is 1.71. The zero-order valence-corrected chi connectivity index (χ0v) is 13.1. The number of rotatable bonds is 4. The molecule has 0 saturated carbocycles. The third-order valence-electron chi connectivity index (χ3n) is 3.82. The minimum atomic E-state index is -0.432. The molecule has 3 heterocycles. The number of halogens is 1. The Morgan fingerprint density at radius 3 is 3.19 bits per heavy atom. The van der Waals surface area contributed by atoms with Crippen LogP contribution in [0.3, 0.4) is 0 Å². The summed E-state index contributed by atoms with van der Waals surface area (Å²) in [5.41, 5.74) is 1.63. The fourth-order valence-corrected chi connectivity index (χ4v) is 3.30. The number of hydrogen-bond donors (Lipinski definition) is 2. The molecule has 0 amide bonds. The molecule has 3 rings (SSSR count). The van der Waals surface area contributed by atoms with Gasteiger partial charge in [-0.2, -0.15) is 0 Å². The van der Waals surface area contributed by atoms with Crippen molar-refractivity contribution in [1.29, 1.82) is 0 Å². The van der Waals surface area contributed by atoms with Crippen LogP contribution < -0.4 is 5.32 Å². The van der Waals surface area contributed by atoms with Crippen LogP contribution in [-0.2, 0) is 11.3 Å².